The molecular formula is C16H23Cl2N3O3. The molecule has 24 heavy (non-hydrogen) atoms. The highest BCUT2D eigenvalue weighted by Gasteiger charge is 2.22. The standard InChI is InChI=1S/C16H22ClN3O3.ClH/c1-3-20(4-2)16(22)12-6-5-11(9-13(12)17)19-15(21)14-10-18-7-8-23-14;/h5-6,9,14,18H,3-4,7-8,10H2,1-2H3,(H,19,21);1H. The molecule has 1 aromatic rings. The van der Waals surface area contributed by atoms with E-state index in [-0.39, 0.29) is 24.2 Å². The Morgan fingerprint density at radius 2 is 2.08 bits per heavy atom. The predicted molar refractivity (Wildman–Crippen MR) is 97.2 cm³/mol. The van der Waals surface area contributed by atoms with Gasteiger partial charge in [0.2, 0.25) is 0 Å². The Balaban J connectivity index is 0.00000288. The summed E-state index contributed by atoms with van der Waals surface area (Å²) in [6.07, 6.45) is -0.514. The maximum atomic E-state index is 12.3. The molecule has 2 rings (SSSR count). The second-order valence-corrected chi connectivity index (χ2v) is 5.63. The van der Waals surface area contributed by atoms with Crippen LogP contribution in [-0.2, 0) is 9.53 Å². The Labute approximate surface area is 153 Å². The fraction of sp³-hybridized carbons (Fsp3) is 0.500. The first-order chi connectivity index (χ1) is 11.1. The van der Waals surface area contributed by atoms with E-state index in [0.29, 0.717) is 42.5 Å². The molecule has 1 aromatic carbocycles. The molecule has 0 spiro atoms. The first-order valence-corrected chi connectivity index (χ1v) is 8.16. The van der Waals surface area contributed by atoms with Gasteiger partial charge in [-0.05, 0) is 32.0 Å². The van der Waals surface area contributed by atoms with E-state index in [1.165, 1.54) is 0 Å². The van der Waals surface area contributed by atoms with Crippen LogP contribution < -0.4 is 10.6 Å². The van der Waals surface area contributed by atoms with Crippen LogP contribution in [0.3, 0.4) is 0 Å². The van der Waals surface area contributed by atoms with E-state index >= 15 is 0 Å². The van der Waals surface area contributed by atoms with Crippen molar-refractivity contribution in [3.05, 3.63) is 28.8 Å². The molecule has 0 bridgehead atoms. The largest absolute Gasteiger partial charge is 0.366 e. The van der Waals surface area contributed by atoms with Gasteiger partial charge >= 0.3 is 0 Å². The van der Waals surface area contributed by atoms with Gasteiger partial charge in [0, 0.05) is 31.9 Å². The molecular weight excluding hydrogens is 353 g/mol. The van der Waals surface area contributed by atoms with Gasteiger partial charge in [0.05, 0.1) is 17.2 Å². The van der Waals surface area contributed by atoms with Crippen LogP contribution in [0.4, 0.5) is 5.69 Å². The summed E-state index contributed by atoms with van der Waals surface area (Å²) < 4.78 is 5.40. The maximum absolute atomic E-state index is 12.3. The molecule has 0 aromatic heterocycles. The topological polar surface area (TPSA) is 70.7 Å². The highest BCUT2D eigenvalue weighted by molar-refractivity contribution is 6.34. The molecule has 2 N–H and O–H groups in total. The minimum atomic E-state index is -0.514. The smallest absolute Gasteiger partial charge is 0.255 e. The van der Waals surface area contributed by atoms with Gasteiger partial charge in [-0.25, -0.2) is 0 Å². The van der Waals surface area contributed by atoms with Gasteiger partial charge in [0.25, 0.3) is 11.8 Å². The summed E-state index contributed by atoms with van der Waals surface area (Å²) in [7, 11) is 0. The average molecular weight is 376 g/mol. The molecule has 1 atom stereocenters. The summed E-state index contributed by atoms with van der Waals surface area (Å²) in [5, 5.41) is 6.18. The molecule has 2 amide bonds. The van der Waals surface area contributed by atoms with E-state index in [9.17, 15) is 9.59 Å². The Bertz CT molecular complexity index is 574. The summed E-state index contributed by atoms with van der Waals surface area (Å²) in [4.78, 5) is 26.1. The highest BCUT2D eigenvalue weighted by atomic mass is 35.5. The quantitative estimate of drug-likeness (QED) is 0.827. The van der Waals surface area contributed by atoms with Crippen molar-refractivity contribution in [2.75, 3.05) is 38.1 Å². The van der Waals surface area contributed by atoms with E-state index in [0.717, 1.165) is 6.54 Å². The number of anilines is 1. The lowest BCUT2D eigenvalue weighted by Crippen LogP contribution is -2.45. The molecule has 1 aliphatic rings. The van der Waals surface area contributed by atoms with E-state index in [2.05, 4.69) is 10.6 Å². The van der Waals surface area contributed by atoms with Crippen LogP contribution in [0.1, 0.15) is 24.2 Å². The number of carbonyl (C=O) groups is 2. The Morgan fingerprint density at radius 1 is 1.38 bits per heavy atom. The van der Waals surface area contributed by atoms with E-state index in [1.807, 2.05) is 13.8 Å². The lowest BCUT2D eigenvalue weighted by molar-refractivity contribution is -0.128. The van der Waals surface area contributed by atoms with Crippen molar-refractivity contribution >= 4 is 41.5 Å². The number of hydrogen-bond donors (Lipinski definition) is 2. The third-order valence-electron chi connectivity index (χ3n) is 3.74. The van der Waals surface area contributed by atoms with Crippen LogP contribution in [0, 0.1) is 0 Å². The van der Waals surface area contributed by atoms with Gasteiger partial charge in [-0.1, -0.05) is 11.6 Å². The lowest BCUT2D eigenvalue weighted by atomic mass is 10.1. The maximum Gasteiger partial charge on any atom is 0.255 e. The zero-order chi connectivity index (χ0) is 16.8. The van der Waals surface area contributed by atoms with Crippen molar-refractivity contribution in [2.24, 2.45) is 0 Å². The predicted octanol–water partition coefficient (Wildman–Crippen LogP) is 2.17. The zero-order valence-electron chi connectivity index (χ0n) is 13.8. The number of ether oxygens (including phenoxy) is 1. The first kappa shape index (κ1) is 20.7. The number of nitrogens with zero attached hydrogens (tertiary/aromatic N) is 1. The average Bonchev–Trinajstić information content (AvgIpc) is 2.56. The molecule has 1 unspecified atom stereocenters. The van der Waals surface area contributed by atoms with Crippen molar-refractivity contribution in [1.82, 2.24) is 10.2 Å². The first-order valence-electron chi connectivity index (χ1n) is 7.78. The normalized spacial score (nSPS) is 16.9. The third kappa shape index (κ3) is 5.08. The van der Waals surface area contributed by atoms with Crippen LogP contribution >= 0.6 is 24.0 Å². The fourth-order valence-electron chi connectivity index (χ4n) is 2.40. The van der Waals surface area contributed by atoms with Crippen molar-refractivity contribution in [2.45, 2.75) is 20.0 Å². The molecule has 6 nitrogen and oxygen atoms in total. The van der Waals surface area contributed by atoms with Gasteiger partial charge in [-0.15, -0.1) is 12.4 Å². The Hall–Kier alpha value is -1.34. The zero-order valence-corrected chi connectivity index (χ0v) is 15.4. The number of rotatable bonds is 5. The van der Waals surface area contributed by atoms with Crippen molar-refractivity contribution in [3.63, 3.8) is 0 Å². The molecule has 1 aliphatic heterocycles. The minimum absolute atomic E-state index is 0. The SMILES string of the molecule is CCN(CC)C(=O)c1ccc(NC(=O)C2CNCCO2)cc1Cl.Cl. The van der Waals surface area contributed by atoms with Gasteiger partial charge in [0.1, 0.15) is 6.10 Å². The van der Waals surface area contributed by atoms with Gasteiger partial charge < -0.3 is 20.3 Å². The fourth-order valence-corrected chi connectivity index (χ4v) is 2.67. The third-order valence-corrected chi connectivity index (χ3v) is 4.05. The minimum Gasteiger partial charge on any atom is -0.366 e. The number of benzene rings is 1. The van der Waals surface area contributed by atoms with Gasteiger partial charge in [0.15, 0.2) is 0 Å². The second-order valence-electron chi connectivity index (χ2n) is 5.22. The molecule has 1 heterocycles. The second kappa shape index (κ2) is 9.84. The Morgan fingerprint density at radius 3 is 2.62 bits per heavy atom. The van der Waals surface area contributed by atoms with Gasteiger partial charge in [-0.2, -0.15) is 0 Å². The summed E-state index contributed by atoms with van der Waals surface area (Å²) in [6.45, 7) is 6.82. The molecule has 1 fully saturated rings. The number of carbonyl (C=O) groups excluding carboxylic acids is 2. The number of amides is 2. The summed E-state index contributed by atoms with van der Waals surface area (Å²) in [5.74, 6) is -0.339. The molecule has 8 heteroatoms. The van der Waals surface area contributed by atoms with E-state index in [4.69, 9.17) is 16.3 Å². The molecule has 0 saturated carbocycles. The van der Waals surface area contributed by atoms with E-state index in [1.54, 1.807) is 23.1 Å². The van der Waals surface area contributed by atoms with Crippen LogP contribution in [-0.4, -0.2) is 55.6 Å². The number of halogens is 2. The van der Waals surface area contributed by atoms with Crippen LogP contribution in [0.5, 0.6) is 0 Å². The molecule has 1 saturated heterocycles. The number of nitrogens with one attached hydrogen (secondary N) is 2. The monoisotopic (exact) mass is 375 g/mol. The lowest BCUT2D eigenvalue weighted by Gasteiger charge is -2.23. The molecule has 134 valence electrons. The Kier molecular flexibility index (Phi) is 8.48. The van der Waals surface area contributed by atoms with Crippen LogP contribution in [0.2, 0.25) is 5.02 Å². The summed E-state index contributed by atoms with van der Waals surface area (Å²) in [5.41, 5.74) is 0.981. The summed E-state index contributed by atoms with van der Waals surface area (Å²) >= 11 is 6.21. The van der Waals surface area contributed by atoms with Gasteiger partial charge in [-0.3, -0.25) is 9.59 Å². The van der Waals surface area contributed by atoms with Crippen molar-refractivity contribution in [3.8, 4) is 0 Å². The van der Waals surface area contributed by atoms with Crippen LogP contribution in [0.15, 0.2) is 18.2 Å². The van der Waals surface area contributed by atoms with E-state index < -0.39 is 6.10 Å². The van der Waals surface area contributed by atoms with Crippen LogP contribution in [0.25, 0.3) is 0 Å². The molecule has 0 radical (unpaired) electrons. The summed E-state index contributed by atoms with van der Waals surface area (Å²) in [6, 6.07) is 4.90. The number of morpholine rings is 1. The molecule has 0 aliphatic carbocycles. The van der Waals surface area contributed by atoms with Crippen molar-refractivity contribution < 1.29 is 14.3 Å². The van der Waals surface area contributed by atoms with Crippen molar-refractivity contribution in [1.29, 1.82) is 0 Å². The number of hydrogen-bond acceptors (Lipinski definition) is 4. The highest BCUT2D eigenvalue weighted by Crippen LogP contribution is 2.22.